The molecular formula is C22H19N5O2. The number of carbonyl (C=O) groups is 1. The molecule has 7 nitrogen and oxygen atoms in total. The van der Waals surface area contributed by atoms with Crippen LogP contribution in [-0.2, 0) is 4.79 Å². The van der Waals surface area contributed by atoms with Gasteiger partial charge in [-0.25, -0.2) is 0 Å². The van der Waals surface area contributed by atoms with E-state index in [0.29, 0.717) is 16.5 Å². The average molecular weight is 385 g/mol. The van der Waals surface area contributed by atoms with Crippen LogP contribution in [0.25, 0.3) is 32.8 Å². The fraction of sp³-hybridized carbons (Fsp3) is 0.182. The van der Waals surface area contributed by atoms with Gasteiger partial charge in [0.2, 0.25) is 0 Å². The van der Waals surface area contributed by atoms with Gasteiger partial charge in [-0.15, -0.1) is 0 Å². The third-order valence-electron chi connectivity index (χ3n) is 4.87. The molecule has 0 aliphatic carbocycles. The first-order valence-electron chi connectivity index (χ1n) is 9.17. The van der Waals surface area contributed by atoms with Crippen LogP contribution in [0.5, 0.6) is 0 Å². The topological polar surface area (TPSA) is 118 Å². The molecule has 0 aliphatic heterocycles. The number of rotatable bonds is 2. The van der Waals surface area contributed by atoms with Gasteiger partial charge in [0.1, 0.15) is 0 Å². The summed E-state index contributed by atoms with van der Waals surface area (Å²) in [4.78, 5) is 31.4. The summed E-state index contributed by atoms with van der Waals surface area (Å²) < 4.78 is 0. The highest BCUT2D eigenvalue weighted by Crippen LogP contribution is 2.33. The van der Waals surface area contributed by atoms with Crippen molar-refractivity contribution in [2.24, 2.45) is 5.73 Å². The zero-order valence-corrected chi connectivity index (χ0v) is 16.3. The lowest BCUT2D eigenvalue weighted by atomic mass is 9.95. The van der Waals surface area contributed by atoms with Gasteiger partial charge >= 0.3 is 0 Å². The molecule has 144 valence electrons. The fourth-order valence-electron chi connectivity index (χ4n) is 3.52. The Kier molecular flexibility index (Phi) is 4.40. The van der Waals surface area contributed by atoms with Crippen LogP contribution in [-0.4, -0.2) is 26.1 Å². The lowest BCUT2D eigenvalue weighted by Crippen LogP contribution is -2.11. The number of nitrogens with zero attached hydrogens (tertiary/aromatic N) is 2. The summed E-state index contributed by atoms with van der Waals surface area (Å²) in [5.74, 6) is 4.43. The number of fused-ring (bicyclic) bond motifs is 3. The van der Waals surface area contributed by atoms with Gasteiger partial charge in [0.15, 0.2) is 0 Å². The molecule has 4 rings (SSSR count). The Morgan fingerprint density at radius 3 is 2.69 bits per heavy atom. The van der Waals surface area contributed by atoms with Crippen molar-refractivity contribution in [3.05, 3.63) is 57.9 Å². The molecule has 0 atom stereocenters. The summed E-state index contributed by atoms with van der Waals surface area (Å²) in [6.07, 6.45) is 3.23. The number of hydrogen-bond acceptors (Lipinski definition) is 4. The van der Waals surface area contributed by atoms with Crippen LogP contribution < -0.4 is 11.3 Å². The highest BCUT2D eigenvalue weighted by Gasteiger charge is 2.17. The maximum atomic E-state index is 12.8. The Labute approximate surface area is 166 Å². The summed E-state index contributed by atoms with van der Waals surface area (Å²) in [5, 5.41) is 9.15. The standard InChI is InChI=1S/C22H19N5O2/c1-11(2)20-15-6-4-13(17-10-25-27-12(17)3)8-16(15)19-21(26-20)14(5-7-18(23)28)9-24-22(19)29/h4,6,8-11H,1-3H3,(H2,23,28)(H,24,29)(H,25,27). The molecule has 0 spiro atoms. The molecule has 7 heteroatoms. The minimum absolute atomic E-state index is 0.125. The van der Waals surface area contributed by atoms with Crippen molar-refractivity contribution in [2.75, 3.05) is 0 Å². The number of pyridine rings is 2. The molecule has 0 aliphatic rings. The monoisotopic (exact) mass is 385 g/mol. The van der Waals surface area contributed by atoms with Crippen LogP contribution in [0.15, 0.2) is 35.4 Å². The van der Waals surface area contributed by atoms with Crippen molar-refractivity contribution in [1.29, 1.82) is 0 Å². The van der Waals surface area contributed by atoms with E-state index < -0.39 is 5.91 Å². The molecule has 0 saturated carbocycles. The first-order chi connectivity index (χ1) is 13.9. The maximum Gasteiger partial charge on any atom is 0.293 e. The van der Waals surface area contributed by atoms with Gasteiger partial charge in [-0.1, -0.05) is 31.9 Å². The molecule has 3 heterocycles. The molecule has 0 saturated heterocycles. The number of benzene rings is 1. The van der Waals surface area contributed by atoms with Crippen LogP contribution in [0.1, 0.15) is 36.7 Å². The molecule has 0 unspecified atom stereocenters. The van der Waals surface area contributed by atoms with E-state index >= 15 is 0 Å². The van der Waals surface area contributed by atoms with E-state index in [1.165, 1.54) is 6.20 Å². The first-order valence-corrected chi connectivity index (χ1v) is 9.17. The number of aromatic nitrogens is 4. The van der Waals surface area contributed by atoms with E-state index in [-0.39, 0.29) is 11.5 Å². The van der Waals surface area contributed by atoms with Gasteiger partial charge in [-0.2, -0.15) is 5.10 Å². The van der Waals surface area contributed by atoms with Crippen molar-refractivity contribution in [3.8, 4) is 23.0 Å². The largest absolute Gasteiger partial charge is 0.359 e. The van der Waals surface area contributed by atoms with Crippen LogP contribution in [0.3, 0.4) is 0 Å². The second-order valence-corrected chi connectivity index (χ2v) is 7.19. The van der Waals surface area contributed by atoms with Crippen LogP contribution in [0, 0.1) is 18.8 Å². The van der Waals surface area contributed by atoms with Crippen molar-refractivity contribution in [1.82, 2.24) is 20.2 Å². The smallest absolute Gasteiger partial charge is 0.293 e. The number of H-pyrrole nitrogens is 2. The van der Waals surface area contributed by atoms with Gasteiger partial charge in [-0.05, 0) is 29.9 Å². The number of amides is 1. The minimum Gasteiger partial charge on any atom is -0.359 e. The van der Waals surface area contributed by atoms with Gasteiger partial charge in [0.05, 0.1) is 28.4 Å². The van der Waals surface area contributed by atoms with E-state index in [2.05, 4.69) is 27.0 Å². The van der Waals surface area contributed by atoms with Crippen molar-refractivity contribution < 1.29 is 4.79 Å². The lowest BCUT2D eigenvalue weighted by molar-refractivity contribution is -0.112. The summed E-state index contributed by atoms with van der Waals surface area (Å²) in [6.45, 7) is 6.04. The molecule has 3 aromatic heterocycles. The van der Waals surface area contributed by atoms with Crippen LogP contribution in [0.2, 0.25) is 0 Å². The third kappa shape index (κ3) is 3.15. The molecule has 0 radical (unpaired) electrons. The molecule has 4 N–H and O–H groups in total. The Morgan fingerprint density at radius 2 is 2.03 bits per heavy atom. The molecule has 0 bridgehead atoms. The predicted molar refractivity (Wildman–Crippen MR) is 112 cm³/mol. The molecule has 1 amide bonds. The summed E-state index contributed by atoms with van der Waals surface area (Å²) >= 11 is 0. The Balaban J connectivity index is 2.16. The van der Waals surface area contributed by atoms with Crippen LogP contribution in [0.4, 0.5) is 0 Å². The van der Waals surface area contributed by atoms with E-state index in [1.807, 2.05) is 39.0 Å². The molecular weight excluding hydrogens is 366 g/mol. The molecule has 1 aromatic carbocycles. The molecule has 0 fully saturated rings. The second-order valence-electron chi connectivity index (χ2n) is 7.19. The highest BCUT2D eigenvalue weighted by atomic mass is 16.1. The Bertz CT molecular complexity index is 1400. The zero-order chi connectivity index (χ0) is 20.7. The van der Waals surface area contributed by atoms with Gasteiger partial charge in [0, 0.05) is 28.8 Å². The zero-order valence-electron chi connectivity index (χ0n) is 16.3. The number of nitrogens with one attached hydrogen (secondary N) is 2. The highest BCUT2D eigenvalue weighted by molar-refractivity contribution is 6.09. The Morgan fingerprint density at radius 1 is 1.24 bits per heavy atom. The van der Waals surface area contributed by atoms with Crippen molar-refractivity contribution in [2.45, 2.75) is 26.7 Å². The van der Waals surface area contributed by atoms with E-state index in [1.54, 1.807) is 6.20 Å². The molecule has 29 heavy (non-hydrogen) atoms. The maximum absolute atomic E-state index is 12.8. The fourth-order valence-corrected chi connectivity index (χ4v) is 3.52. The third-order valence-corrected chi connectivity index (χ3v) is 4.87. The minimum atomic E-state index is -0.744. The first kappa shape index (κ1) is 18.4. The number of aryl methyl sites for hydroxylation is 1. The summed E-state index contributed by atoms with van der Waals surface area (Å²) in [6, 6.07) is 5.97. The summed E-state index contributed by atoms with van der Waals surface area (Å²) in [7, 11) is 0. The number of hydrogen-bond donors (Lipinski definition) is 3. The lowest BCUT2D eigenvalue weighted by Gasteiger charge is -2.14. The van der Waals surface area contributed by atoms with E-state index in [4.69, 9.17) is 10.7 Å². The SMILES string of the molecule is Cc1[nH]ncc1-c1ccc2c(C(C)C)nc3c(C#CC(N)=O)c[nH]c(=O)c3c2c1. The number of nitrogens with two attached hydrogens (primary N) is 1. The second kappa shape index (κ2) is 6.91. The van der Waals surface area contributed by atoms with E-state index in [9.17, 15) is 9.59 Å². The average Bonchev–Trinajstić information content (AvgIpc) is 3.11. The van der Waals surface area contributed by atoms with Crippen LogP contribution >= 0.6 is 0 Å². The van der Waals surface area contributed by atoms with Crippen molar-refractivity contribution in [3.63, 3.8) is 0 Å². The quantitative estimate of drug-likeness (QED) is 0.363. The molecule has 4 aromatic rings. The number of carbonyl (C=O) groups excluding carboxylic acids is 1. The predicted octanol–water partition coefficient (Wildman–Crippen LogP) is 2.74. The number of aromatic amines is 2. The normalized spacial score (nSPS) is 11.0. The van der Waals surface area contributed by atoms with Gasteiger partial charge < -0.3 is 10.7 Å². The van der Waals surface area contributed by atoms with Crippen molar-refractivity contribution >= 4 is 27.6 Å². The van der Waals surface area contributed by atoms with Gasteiger partial charge in [-0.3, -0.25) is 19.7 Å². The Hall–Kier alpha value is -3.92. The van der Waals surface area contributed by atoms with Gasteiger partial charge in [0.25, 0.3) is 11.5 Å². The van der Waals surface area contributed by atoms with E-state index in [0.717, 1.165) is 33.3 Å². The summed E-state index contributed by atoms with van der Waals surface area (Å²) in [5.41, 5.74) is 9.50. The number of primary amides is 1.